The van der Waals surface area contributed by atoms with Gasteiger partial charge in [0, 0.05) is 12.7 Å². The first kappa shape index (κ1) is 58.1. The smallest absolute Gasteiger partial charge is 0.862 e. The van der Waals surface area contributed by atoms with Gasteiger partial charge in [0.2, 0.25) is 0 Å². The molecular formula is C56H64NNaO17S. The Morgan fingerprint density at radius 3 is 1.66 bits per heavy atom. The van der Waals surface area contributed by atoms with Crippen LogP contribution in [-0.2, 0) is 93.4 Å². The fraction of sp³-hybridized carbons (Fsp3) is 0.446. The van der Waals surface area contributed by atoms with Crippen LogP contribution < -0.4 is 34.7 Å². The Morgan fingerprint density at radius 1 is 0.632 bits per heavy atom. The number of benzene rings is 5. The zero-order chi connectivity index (χ0) is 52.3. The maximum Gasteiger partial charge on any atom is 1.00 e. The molecule has 2 N–H and O–H groups in total. The van der Waals surface area contributed by atoms with Crippen LogP contribution in [0.25, 0.3) is 0 Å². The number of methoxy groups -OCH3 is 1. The molecule has 20 heteroatoms. The molecule has 4 heterocycles. The first-order chi connectivity index (χ1) is 36.4. The fourth-order valence-electron chi connectivity index (χ4n) is 9.84. The number of ether oxygens (including phenoxy) is 12. The number of aliphatic hydroxyl groups excluding tert-OH is 1. The van der Waals surface area contributed by atoms with Gasteiger partial charge in [0.1, 0.15) is 66.2 Å². The van der Waals surface area contributed by atoms with Crippen molar-refractivity contribution in [1.82, 2.24) is 0 Å². The Bertz CT molecular complexity index is 2650. The van der Waals surface area contributed by atoms with Crippen LogP contribution in [0.1, 0.15) is 48.0 Å². The Labute approximate surface area is 465 Å². The average Bonchev–Trinajstić information content (AvgIpc) is 3.44. The summed E-state index contributed by atoms with van der Waals surface area (Å²) in [6, 6.07) is 45.8. The predicted molar refractivity (Wildman–Crippen MR) is 268 cm³/mol. The summed E-state index contributed by atoms with van der Waals surface area (Å²) >= 11 is 0. The molecular weight excluding hydrogens is 1010 g/mol. The largest absolute Gasteiger partial charge is 1.00 e. The van der Waals surface area contributed by atoms with Gasteiger partial charge < -0.3 is 67.1 Å². The minimum absolute atomic E-state index is 0. The third-order valence-corrected chi connectivity index (χ3v) is 14.7. The molecule has 0 aromatic heterocycles. The van der Waals surface area contributed by atoms with Gasteiger partial charge in [0.15, 0.2) is 25.2 Å². The molecule has 1 unspecified atom stereocenters. The van der Waals surface area contributed by atoms with E-state index in [1.165, 1.54) is 14.0 Å². The molecule has 0 saturated carbocycles. The second-order valence-electron chi connectivity index (χ2n) is 18.8. The number of hydrogen-bond acceptors (Lipinski definition) is 17. The van der Waals surface area contributed by atoms with E-state index < -0.39 is 114 Å². The van der Waals surface area contributed by atoms with Gasteiger partial charge >= 0.3 is 29.6 Å². The van der Waals surface area contributed by atoms with E-state index >= 15 is 0 Å². The fourth-order valence-corrected chi connectivity index (χ4v) is 10.9. The van der Waals surface area contributed by atoms with Crippen molar-refractivity contribution in [2.45, 2.75) is 138 Å². The van der Waals surface area contributed by atoms with Gasteiger partial charge in [-0.15, -0.1) is 0 Å². The third-order valence-electron chi connectivity index (χ3n) is 13.5. The summed E-state index contributed by atoms with van der Waals surface area (Å²) in [5.74, 6) is -0.641. The van der Waals surface area contributed by atoms with E-state index in [-0.39, 0.29) is 69.2 Å². The van der Waals surface area contributed by atoms with Crippen molar-refractivity contribution in [1.29, 1.82) is 0 Å². The Morgan fingerprint density at radius 2 is 1.13 bits per heavy atom. The summed E-state index contributed by atoms with van der Waals surface area (Å²) in [4.78, 5) is 4.41. The molecule has 4 aliphatic rings. The molecule has 5 aromatic rings. The van der Waals surface area contributed by atoms with Crippen LogP contribution in [0.5, 0.6) is 0 Å². The molecule has 4 fully saturated rings. The van der Waals surface area contributed by atoms with Crippen LogP contribution >= 0.6 is 0 Å². The van der Waals surface area contributed by atoms with Gasteiger partial charge in [0.25, 0.3) is 10.1 Å². The molecule has 76 heavy (non-hydrogen) atoms. The molecule has 0 spiro atoms. The van der Waals surface area contributed by atoms with Gasteiger partial charge in [-0.1, -0.05) is 152 Å². The molecule has 9 rings (SSSR count). The second-order valence-corrected chi connectivity index (χ2v) is 20.4. The number of nitrogens with zero attached hydrogens (tertiary/aromatic N) is 1. The summed E-state index contributed by atoms with van der Waals surface area (Å²) in [5.41, 5.74) is 4.10. The molecule has 0 bridgehead atoms. The van der Waals surface area contributed by atoms with E-state index in [2.05, 4.69) is 4.99 Å². The number of aliphatic hydroxyl groups is 1. The minimum atomic E-state index is -5.09. The standard InChI is InChI=1S/C56H65NO17S.Na/c1-35-46(65-30-38-21-11-5-12-22-38)50(66-31-39-23-13-6-14-24-39)51(67-32-40-25-15-7-16-26-40)56(69-35)72-47-42(33-64-29-37-19-9-4-10-20-37)70-54(63-3)44(57-36(2)58)49(47)74-55-45(59)52(75(60,61)62)48-43(71-55)34-68-53(73-48)41-27-17-8-18-28-41;/h4-28,35,42-56,59H,29-34H2,1-3H3,(H,57,58)(H,60,61,62);/q;+1/p-1/t35-,42-,43-,44-,45-,46+,47-,48+,49-,50+,51-,52-,53?,54-,55+,56+;/m1./s1. The molecule has 402 valence electrons. The molecule has 4 aliphatic heterocycles. The monoisotopic (exact) mass is 1080 g/mol. The third kappa shape index (κ3) is 14.8. The van der Waals surface area contributed by atoms with Crippen LogP contribution in [0.3, 0.4) is 0 Å². The summed E-state index contributed by atoms with van der Waals surface area (Å²) < 4.78 is 116. The average molecular weight is 1080 g/mol. The zero-order valence-electron chi connectivity index (χ0n) is 42.8. The first-order valence-corrected chi connectivity index (χ1v) is 26.5. The van der Waals surface area contributed by atoms with E-state index in [1.54, 1.807) is 30.3 Å². The van der Waals surface area contributed by atoms with Crippen molar-refractivity contribution in [2.75, 3.05) is 20.3 Å². The van der Waals surface area contributed by atoms with E-state index in [4.69, 9.17) is 56.8 Å². The van der Waals surface area contributed by atoms with Crippen molar-refractivity contribution in [3.05, 3.63) is 179 Å². The summed E-state index contributed by atoms with van der Waals surface area (Å²) in [7, 11) is -3.73. The Balaban J connectivity index is 0.00000765. The van der Waals surface area contributed by atoms with Crippen LogP contribution in [0.4, 0.5) is 0 Å². The van der Waals surface area contributed by atoms with Crippen LogP contribution in [0.2, 0.25) is 0 Å². The van der Waals surface area contributed by atoms with Crippen molar-refractivity contribution in [3.63, 3.8) is 0 Å². The summed E-state index contributed by atoms with van der Waals surface area (Å²) in [6.07, 6.45) is -17.4. The molecule has 0 amide bonds. The first-order valence-electron chi connectivity index (χ1n) is 25.0. The topological polar surface area (TPSA) is 221 Å². The van der Waals surface area contributed by atoms with Crippen molar-refractivity contribution < 1.29 is 110 Å². The van der Waals surface area contributed by atoms with E-state index in [0.717, 1.165) is 22.3 Å². The van der Waals surface area contributed by atoms with Gasteiger partial charge in [-0.25, -0.2) is 0 Å². The number of hydrogen-bond donors (Lipinski definition) is 2. The van der Waals surface area contributed by atoms with Gasteiger partial charge in [-0.05, 0) is 42.0 Å². The van der Waals surface area contributed by atoms with Gasteiger partial charge in [-0.3, -0.25) is 9.55 Å². The maximum absolute atomic E-state index is 13.4. The van der Waals surface area contributed by atoms with Gasteiger partial charge in [0.05, 0.1) is 45.7 Å². The molecule has 4 saturated heterocycles. The minimum Gasteiger partial charge on any atom is -0.862 e. The van der Waals surface area contributed by atoms with E-state index in [9.17, 15) is 23.2 Å². The summed E-state index contributed by atoms with van der Waals surface area (Å²) in [5, 5.41) is 23.3. The van der Waals surface area contributed by atoms with Crippen molar-refractivity contribution in [2.24, 2.45) is 4.99 Å². The normalized spacial score (nSPS) is 31.9. The molecule has 16 atom stereocenters. The summed E-state index contributed by atoms with van der Waals surface area (Å²) in [6.45, 7) is 3.34. The second kappa shape index (κ2) is 27.7. The molecule has 18 nitrogen and oxygen atoms in total. The van der Waals surface area contributed by atoms with Crippen LogP contribution in [-0.4, -0.2) is 135 Å². The quantitative estimate of drug-likeness (QED) is 0.0467. The number of fused-ring (bicyclic) bond motifs is 1. The number of rotatable bonds is 21. The van der Waals surface area contributed by atoms with Crippen molar-refractivity contribution in [3.8, 4) is 0 Å². The Kier molecular flexibility index (Phi) is 21.2. The Hall–Kier alpha value is -4.04. The zero-order valence-corrected chi connectivity index (χ0v) is 45.6. The van der Waals surface area contributed by atoms with Crippen molar-refractivity contribution >= 4 is 16.0 Å². The molecule has 0 radical (unpaired) electrons. The van der Waals surface area contributed by atoms with E-state index in [0.29, 0.717) is 5.56 Å². The van der Waals surface area contributed by atoms with Crippen LogP contribution in [0.15, 0.2) is 157 Å². The van der Waals surface area contributed by atoms with Gasteiger partial charge in [-0.2, -0.15) is 8.42 Å². The van der Waals surface area contributed by atoms with Crippen LogP contribution in [0, 0.1) is 0 Å². The maximum atomic E-state index is 13.4. The molecule has 5 aromatic carbocycles. The number of aliphatic imine (C=N–C) groups is 1. The predicted octanol–water partition coefficient (Wildman–Crippen LogP) is 2.45. The molecule has 0 aliphatic carbocycles. The SMILES string of the molecule is CO[C@@H]1O[C@H](COCc2ccccc2)[C@@H](O[C@@H]2O[C@H](C)[C@H](OCc3ccccc3)[C@H](OCc3ccccc3)[C@H]2OCc2ccccc2)[C@H](O[C@@H]2O[C@@H]3COC(c4ccccc4)O[C@@H]3[C@H](S(=O)(=O)O)[C@H]2O)[C@H]1N=C(C)[O-].[Na+]. The van der Waals surface area contributed by atoms with E-state index in [1.807, 2.05) is 128 Å².